The summed E-state index contributed by atoms with van der Waals surface area (Å²) >= 11 is 6.77. The molecule has 0 radical (unpaired) electrons. The molecule has 1 unspecified atom stereocenters. The monoisotopic (exact) mass is 632 g/mol. The van der Waals surface area contributed by atoms with Crippen LogP contribution in [0.3, 0.4) is 0 Å². The van der Waals surface area contributed by atoms with E-state index < -0.39 is 17.5 Å². The number of nitrogens with zero attached hydrogens (tertiary/aromatic N) is 1. The Morgan fingerprint density at radius 2 is 1.93 bits per heavy atom. The van der Waals surface area contributed by atoms with Gasteiger partial charge >= 0.3 is 6.03 Å². The molecule has 3 heterocycles. The number of carbonyl (C=O) groups is 3. The number of carbonyl (C=O) groups excluding carboxylic acids is 3. The zero-order chi connectivity index (χ0) is 31.4. The van der Waals surface area contributed by atoms with Crippen molar-refractivity contribution in [3.8, 4) is 0 Å². The molecule has 7 rings (SSSR count). The molecule has 3 aromatic rings. The molecular weight excluding hydrogens is 592 g/mol. The number of rotatable bonds is 9. The maximum atomic E-state index is 14.1. The van der Waals surface area contributed by atoms with Crippen LogP contribution in [-0.2, 0) is 19.7 Å². The number of imidazole rings is 1. The van der Waals surface area contributed by atoms with E-state index >= 15 is 0 Å². The maximum absolute atomic E-state index is 14.1. The van der Waals surface area contributed by atoms with E-state index in [-0.39, 0.29) is 41.2 Å². The minimum absolute atomic E-state index is 0.0625. The van der Waals surface area contributed by atoms with Gasteiger partial charge in [-0.25, -0.2) is 9.78 Å². The topological polar surface area (TPSA) is 137 Å². The first-order chi connectivity index (χ1) is 21.7. The molecule has 0 bridgehead atoms. The molecule has 4 amide bonds. The lowest BCUT2D eigenvalue weighted by atomic mass is 9.65. The van der Waals surface area contributed by atoms with Crippen LogP contribution >= 0.6 is 11.6 Å². The lowest BCUT2D eigenvalue weighted by Gasteiger charge is -2.42. The van der Waals surface area contributed by atoms with Crippen molar-refractivity contribution in [3.05, 3.63) is 64.4 Å². The SMILES string of the molecule is CCNC(=O)N[C@H](c1nc2ccc(C3(C(=O)N[C@H]4C(=O)NCC45CCC5)CCOC3)cc2[nH]1)[C@H](c1ccccc1Cl)C1(C)CC1. The van der Waals surface area contributed by atoms with Crippen molar-refractivity contribution in [1.29, 1.82) is 0 Å². The molecule has 1 spiro atoms. The Labute approximate surface area is 267 Å². The van der Waals surface area contributed by atoms with Crippen LogP contribution in [0.2, 0.25) is 5.02 Å². The van der Waals surface area contributed by atoms with Crippen LogP contribution in [0.25, 0.3) is 11.0 Å². The van der Waals surface area contributed by atoms with Crippen molar-refractivity contribution < 1.29 is 19.1 Å². The second-order valence-electron chi connectivity index (χ2n) is 13.7. The van der Waals surface area contributed by atoms with E-state index in [4.69, 9.17) is 21.3 Å². The third-order valence-electron chi connectivity index (χ3n) is 10.9. The normalized spacial score (nSPS) is 25.8. The van der Waals surface area contributed by atoms with Crippen molar-refractivity contribution >= 4 is 40.5 Å². The van der Waals surface area contributed by atoms with Gasteiger partial charge in [-0.05, 0) is 73.8 Å². The first-order valence-electron chi connectivity index (χ1n) is 16.1. The van der Waals surface area contributed by atoms with Crippen LogP contribution < -0.4 is 21.3 Å². The second kappa shape index (κ2) is 11.3. The largest absolute Gasteiger partial charge is 0.380 e. The first kappa shape index (κ1) is 30.0. The number of aromatic amines is 1. The van der Waals surface area contributed by atoms with Gasteiger partial charge in [0, 0.05) is 36.1 Å². The number of aromatic nitrogens is 2. The van der Waals surface area contributed by atoms with Gasteiger partial charge < -0.3 is 31.0 Å². The molecular formula is C34H41ClN6O4. The molecule has 5 N–H and O–H groups in total. The first-order valence-corrected chi connectivity index (χ1v) is 16.5. The number of halogens is 1. The summed E-state index contributed by atoms with van der Waals surface area (Å²) in [6.07, 6.45) is 5.48. The van der Waals surface area contributed by atoms with Crippen LogP contribution in [0.5, 0.6) is 0 Å². The summed E-state index contributed by atoms with van der Waals surface area (Å²) in [5.74, 6) is 0.227. The summed E-state index contributed by atoms with van der Waals surface area (Å²) < 4.78 is 5.82. The quantitative estimate of drug-likeness (QED) is 0.235. The molecule has 2 aromatic carbocycles. The van der Waals surface area contributed by atoms with Crippen molar-refractivity contribution in [1.82, 2.24) is 31.2 Å². The van der Waals surface area contributed by atoms with Crippen molar-refractivity contribution in [3.63, 3.8) is 0 Å². The van der Waals surface area contributed by atoms with E-state index in [2.05, 4.69) is 33.2 Å². The second-order valence-corrected chi connectivity index (χ2v) is 14.1. The molecule has 2 aliphatic carbocycles. The zero-order valence-electron chi connectivity index (χ0n) is 25.8. The molecule has 4 aliphatic rings. The number of hydrogen-bond acceptors (Lipinski definition) is 5. The highest BCUT2D eigenvalue weighted by molar-refractivity contribution is 6.31. The van der Waals surface area contributed by atoms with Crippen molar-refractivity contribution in [2.24, 2.45) is 10.8 Å². The standard InChI is InChI=1S/C34H41ClN6O4/c1-3-36-31(44)40-26(25(32(2)13-14-32)21-7-4-5-8-22(21)35)28-38-23-10-9-20(17-24(23)39-28)34(15-16-45-19-34)30(43)41-27-29(42)37-18-33(27)11-6-12-33/h4-5,7-10,17,25-27H,3,6,11-16,18-19H2,1-2H3,(H,37,42)(H,38,39)(H,41,43)(H2,36,40,44)/t25-,26-,27-,34?/m0/s1. The predicted molar refractivity (Wildman–Crippen MR) is 171 cm³/mol. The predicted octanol–water partition coefficient (Wildman–Crippen LogP) is 4.60. The van der Waals surface area contributed by atoms with E-state index in [0.29, 0.717) is 37.0 Å². The fourth-order valence-corrected chi connectivity index (χ4v) is 8.02. The van der Waals surface area contributed by atoms with Crippen LogP contribution in [0.15, 0.2) is 42.5 Å². The van der Waals surface area contributed by atoms with E-state index in [1.807, 2.05) is 49.4 Å². The lowest BCUT2D eigenvalue weighted by Crippen LogP contribution is -2.57. The molecule has 2 saturated heterocycles. The number of benzene rings is 2. The zero-order valence-corrected chi connectivity index (χ0v) is 26.6. The van der Waals surface area contributed by atoms with Crippen LogP contribution in [-0.4, -0.2) is 60.2 Å². The summed E-state index contributed by atoms with van der Waals surface area (Å²) in [6, 6.07) is 12.4. The van der Waals surface area contributed by atoms with Gasteiger partial charge in [-0.3, -0.25) is 9.59 Å². The van der Waals surface area contributed by atoms with Crippen molar-refractivity contribution in [2.45, 2.75) is 75.8 Å². The summed E-state index contributed by atoms with van der Waals surface area (Å²) in [4.78, 5) is 48.3. The summed E-state index contributed by atoms with van der Waals surface area (Å²) in [5.41, 5.74) is 2.11. The number of hydrogen-bond donors (Lipinski definition) is 5. The molecule has 238 valence electrons. The average Bonchev–Trinajstić information content (AvgIpc) is 3.36. The highest BCUT2D eigenvalue weighted by Gasteiger charge is 2.55. The van der Waals surface area contributed by atoms with Gasteiger partial charge in [0.05, 0.1) is 29.1 Å². The highest BCUT2D eigenvalue weighted by atomic mass is 35.5. The number of nitrogens with one attached hydrogen (secondary N) is 5. The molecule has 1 aromatic heterocycles. The molecule has 45 heavy (non-hydrogen) atoms. The van der Waals surface area contributed by atoms with Gasteiger partial charge in [-0.2, -0.15) is 0 Å². The van der Waals surface area contributed by atoms with Crippen molar-refractivity contribution in [2.75, 3.05) is 26.3 Å². The fraction of sp³-hybridized carbons (Fsp3) is 0.529. The number of H-pyrrole nitrogens is 1. The Kier molecular flexibility index (Phi) is 7.55. The van der Waals surface area contributed by atoms with Crippen LogP contribution in [0, 0.1) is 10.8 Å². The highest BCUT2D eigenvalue weighted by Crippen LogP contribution is 2.60. The Balaban J connectivity index is 1.24. The number of urea groups is 1. The summed E-state index contributed by atoms with van der Waals surface area (Å²) in [5, 5.41) is 12.8. The van der Waals surface area contributed by atoms with Gasteiger partial charge in [0.2, 0.25) is 11.8 Å². The fourth-order valence-electron chi connectivity index (χ4n) is 7.76. The minimum Gasteiger partial charge on any atom is -0.380 e. The number of ether oxygens (including phenoxy) is 1. The minimum atomic E-state index is -0.923. The van der Waals surface area contributed by atoms with Crippen LogP contribution in [0.1, 0.15) is 81.3 Å². The van der Waals surface area contributed by atoms with E-state index in [0.717, 1.165) is 54.3 Å². The van der Waals surface area contributed by atoms with E-state index in [9.17, 15) is 14.4 Å². The van der Waals surface area contributed by atoms with Gasteiger partial charge in [-0.1, -0.05) is 49.2 Å². The Morgan fingerprint density at radius 3 is 2.60 bits per heavy atom. The van der Waals surface area contributed by atoms with Gasteiger partial charge in [0.25, 0.3) is 0 Å². The molecule has 2 aliphatic heterocycles. The summed E-state index contributed by atoms with van der Waals surface area (Å²) in [7, 11) is 0. The molecule has 4 atom stereocenters. The molecule has 10 nitrogen and oxygen atoms in total. The molecule has 2 saturated carbocycles. The van der Waals surface area contributed by atoms with Gasteiger partial charge in [0.1, 0.15) is 11.9 Å². The van der Waals surface area contributed by atoms with E-state index in [1.165, 1.54) is 0 Å². The lowest BCUT2D eigenvalue weighted by molar-refractivity contribution is -0.133. The van der Waals surface area contributed by atoms with Crippen LogP contribution in [0.4, 0.5) is 4.79 Å². The molecule has 4 fully saturated rings. The number of fused-ring (bicyclic) bond motifs is 1. The van der Waals surface area contributed by atoms with Gasteiger partial charge in [-0.15, -0.1) is 0 Å². The third kappa shape index (κ3) is 5.16. The Bertz CT molecular complexity index is 1640. The third-order valence-corrected chi connectivity index (χ3v) is 11.2. The maximum Gasteiger partial charge on any atom is 0.315 e. The molecule has 11 heteroatoms. The number of amides is 4. The average molecular weight is 633 g/mol. The van der Waals surface area contributed by atoms with Gasteiger partial charge in [0.15, 0.2) is 0 Å². The smallest absolute Gasteiger partial charge is 0.315 e. The Morgan fingerprint density at radius 1 is 1.13 bits per heavy atom. The van der Waals surface area contributed by atoms with E-state index in [1.54, 1.807) is 0 Å². The Hall–Kier alpha value is -3.63. The summed E-state index contributed by atoms with van der Waals surface area (Å²) in [6.45, 7) is 5.91.